The Hall–Kier alpha value is -0.200. The maximum atomic E-state index is 10.7. The Bertz CT molecular complexity index is 460. The van der Waals surface area contributed by atoms with Crippen LogP contribution in [0.15, 0.2) is 0 Å². The lowest BCUT2D eigenvalue weighted by Gasteiger charge is -2.53. The molecule has 2 N–H and O–H groups in total. The molecule has 1 saturated heterocycles. The van der Waals surface area contributed by atoms with Crippen LogP contribution in [0.5, 0.6) is 0 Å². The zero-order chi connectivity index (χ0) is 20.4. The second-order valence-electron chi connectivity index (χ2n) is 10.0. The van der Waals surface area contributed by atoms with Crippen molar-refractivity contribution in [2.24, 2.45) is 23.2 Å². The van der Waals surface area contributed by atoms with Gasteiger partial charge in [-0.2, -0.15) is 0 Å². The summed E-state index contributed by atoms with van der Waals surface area (Å²) >= 11 is 0. The van der Waals surface area contributed by atoms with Gasteiger partial charge in [0.15, 0.2) is 6.29 Å². The van der Waals surface area contributed by atoms with Gasteiger partial charge in [0, 0.05) is 12.5 Å². The van der Waals surface area contributed by atoms with Gasteiger partial charge in [0.2, 0.25) is 0 Å². The smallest absolute Gasteiger partial charge is 0.163 e. The summed E-state index contributed by atoms with van der Waals surface area (Å²) in [6.45, 7) is 16.3. The molecule has 0 amide bonds. The Morgan fingerprint density at radius 3 is 2.22 bits per heavy atom. The van der Waals surface area contributed by atoms with Crippen molar-refractivity contribution in [3.63, 3.8) is 0 Å². The van der Waals surface area contributed by atoms with Crippen molar-refractivity contribution < 1.29 is 24.4 Å². The summed E-state index contributed by atoms with van der Waals surface area (Å²) in [4.78, 5) is 0. The highest BCUT2D eigenvalue weighted by molar-refractivity contribution is 5.01. The van der Waals surface area contributed by atoms with Crippen LogP contribution >= 0.6 is 0 Å². The number of aliphatic hydroxyl groups is 2. The molecule has 1 aliphatic heterocycles. The van der Waals surface area contributed by atoms with E-state index in [2.05, 4.69) is 41.5 Å². The minimum absolute atomic E-state index is 0.0619. The first-order chi connectivity index (χ1) is 12.5. The van der Waals surface area contributed by atoms with Crippen molar-refractivity contribution in [3.05, 3.63) is 0 Å². The second kappa shape index (κ2) is 9.08. The van der Waals surface area contributed by atoms with E-state index in [-0.39, 0.29) is 29.0 Å². The fourth-order valence-corrected chi connectivity index (χ4v) is 4.93. The van der Waals surface area contributed by atoms with Gasteiger partial charge in [0.25, 0.3) is 0 Å². The zero-order valence-corrected chi connectivity index (χ0v) is 18.4. The average molecular weight is 387 g/mol. The Labute approximate surface area is 165 Å². The third-order valence-electron chi connectivity index (χ3n) is 6.41. The predicted molar refractivity (Wildman–Crippen MR) is 106 cm³/mol. The second-order valence-corrected chi connectivity index (χ2v) is 10.0. The number of hydrogen-bond donors (Lipinski definition) is 2. The lowest BCUT2D eigenvalue weighted by atomic mass is 9.61. The summed E-state index contributed by atoms with van der Waals surface area (Å²) in [6, 6.07) is 0. The highest BCUT2D eigenvalue weighted by atomic mass is 16.7. The van der Waals surface area contributed by atoms with Crippen LogP contribution in [0.2, 0.25) is 0 Å². The Morgan fingerprint density at radius 2 is 1.70 bits per heavy atom. The van der Waals surface area contributed by atoms with Gasteiger partial charge in [0.05, 0.1) is 24.4 Å². The molecular weight excluding hydrogens is 344 g/mol. The first-order valence-corrected chi connectivity index (χ1v) is 10.8. The van der Waals surface area contributed by atoms with Crippen LogP contribution in [0.4, 0.5) is 0 Å². The van der Waals surface area contributed by atoms with Gasteiger partial charge in [-0.05, 0) is 43.4 Å². The van der Waals surface area contributed by atoms with Gasteiger partial charge in [0.1, 0.15) is 6.10 Å². The number of hydrogen-bond acceptors (Lipinski definition) is 5. The van der Waals surface area contributed by atoms with E-state index in [9.17, 15) is 10.2 Å². The average Bonchev–Trinajstić information content (AvgIpc) is 2.59. The standard InChI is InChI=1S/C22H42O5/c1-8-15(5)17-19(24)18(23)16(9-2)27-20(17)25-13-21(6)11-22(7,12-21)26-10-14(3)4/h14-20,23-24H,8-13H2,1-7H3. The molecule has 5 heteroatoms. The maximum Gasteiger partial charge on any atom is 0.163 e. The third-order valence-corrected chi connectivity index (χ3v) is 6.41. The molecule has 0 aromatic carbocycles. The molecule has 2 aliphatic rings. The van der Waals surface area contributed by atoms with Crippen LogP contribution in [0.25, 0.3) is 0 Å². The van der Waals surface area contributed by atoms with Gasteiger partial charge in [-0.3, -0.25) is 0 Å². The van der Waals surface area contributed by atoms with Crippen LogP contribution in [-0.4, -0.2) is 53.6 Å². The summed E-state index contributed by atoms with van der Waals surface area (Å²) in [5.74, 6) is 0.544. The predicted octanol–water partition coefficient (Wildman–Crippen LogP) is 3.75. The van der Waals surface area contributed by atoms with E-state index in [0.717, 1.165) is 25.9 Å². The molecular formula is C22H42O5. The van der Waals surface area contributed by atoms with E-state index < -0.39 is 18.5 Å². The molecule has 160 valence electrons. The van der Waals surface area contributed by atoms with Crippen molar-refractivity contribution in [1.82, 2.24) is 0 Å². The number of ether oxygens (including phenoxy) is 3. The highest BCUT2D eigenvalue weighted by Gasteiger charge is 2.52. The summed E-state index contributed by atoms with van der Waals surface area (Å²) in [6.07, 6.45) is 1.00. The van der Waals surface area contributed by atoms with Gasteiger partial charge in [-0.15, -0.1) is 0 Å². The van der Waals surface area contributed by atoms with Gasteiger partial charge < -0.3 is 24.4 Å². The summed E-state index contributed by atoms with van der Waals surface area (Å²) in [5, 5.41) is 21.1. The van der Waals surface area contributed by atoms with Gasteiger partial charge >= 0.3 is 0 Å². The lowest BCUT2D eigenvalue weighted by molar-refractivity contribution is -0.302. The molecule has 27 heavy (non-hydrogen) atoms. The normalized spacial score (nSPS) is 43.6. The van der Waals surface area contributed by atoms with Crippen molar-refractivity contribution >= 4 is 0 Å². The van der Waals surface area contributed by atoms with Crippen LogP contribution in [-0.2, 0) is 14.2 Å². The zero-order valence-electron chi connectivity index (χ0n) is 18.4. The molecule has 1 saturated carbocycles. The van der Waals surface area contributed by atoms with Crippen LogP contribution in [0, 0.1) is 23.2 Å². The van der Waals surface area contributed by atoms with Crippen LogP contribution in [0.1, 0.15) is 74.1 Å². The molecule has 0 spiro atoms. The number of aliphatic hydroxyl groups excluding tert-OH is 2. The molecule has 0 radical (unpaired) electrons. The monoisotopic (exact) mass is 386 g/mol. The topological polar surface area (TPSA) is 68.2 Å². The van der Waals surface area contributed by atoms with E-state index in [1.807, 2.05) is 6.92 Å². The first-order valence-electron chi connectivity index (χ1n) is 10.8. The molecule has 0 bridgehead atoms. The fraction of sp³-hybridized carbons (Fsp3) is 1.00. The summed E-state index contributed by atoms with van der Waals surface area (Å²) in [5.41, 5.74) is 0.00535. The van der Waals surface area contributed by atoms with Crippen molar-refractivity contribution in [2.45, 2.75) is 104 Å². The van der Waals surface area contributed by atoms with Crippen molar-refractivity contribution in [3.8, 4) is 0 Å². The fourth-order valence-electron chi connectivity index (χ4n) is 4.93. The molecule has 1 heterocycles. The van der Waals surface area contributed by atoms with E-state index in [0.29, 0.717) is 18.9 Å². The molecule has 1 aliphatic carbocycles. The molecule has 6 unspecified atom stereocenters. The Balaban J connectivity index is 1.96. The maximum absolute atomic E-state index is 10.7. The summed E-state index contributed by atoms with van der Waals surface area (Å²) < 4.78 is 18.4. The molecule has 2 fully saturated rings. The molecule has 6 atom stereocenters. The van der Waals surface area contributed by atoms with Crippen molar-refractivity contribution in [2.75, 3.05) is 13.2 Å². The minimum Gasteiger partial charge on any atom is -0.390 e. The van der Waals surface area contributed by atoms with Gasteiger partial charge in [-0.25, -0.2) is 0 Å². The van der Waals surface area contributed by atoms with Crippen molar-refractivity contribution in [1.29, 1.82) is 0 Å². The third kappa shape index (κ3) is 5.45. The summed E-state index contributed by atoms with van der Waals surface area (Å²) in [7, 11) is 0. The van der Waals surface area contributed by atoms with Crippen LogP contribution < -0.4 is 0 Å². The molecule has 0 aromatic rings. The SMILES string of the molecule is CCC(C)C1C(OCC2(C)CC(C)(OCC(C)C)C2)OC(CC)C(O)C1O. The highest BCUT2D eigenvalue weighted by Crippen LogP contribution is 2.51. The van der Waals surface area contributed by atoms with Crippen LogP contribution in [0.3, 0.4) is 0 Å². The van der Waals surface area contributed by atoms with E-state index in [1.54, 1.807) is 0 Å². The molecule has 0 aromatic heterocycles. The minimum atomic E-state index is -0.846. The quantitative estimate of drug-likeness (QED) is 0.632. The first kappa shape index (κ1) is 23.1. The largest absolute Gasteiger partial charge is 0.390 e. The molecule has 5 nitrogen and oxygen atoms in total. The molecule has 2 rings (SSSR count). The van der Waals surface area contributed by atoms with E-state index >= 15 is 0 Å². The van der Waals surface area contributed by atoms with E-state index in [1.165, 1.54) is 0 Å². The Morgan fingerprint density at radius 1 is 1.07 bits per heavy atom. The Kier molecular flexibility index (Phi) is 7.76. The van der Waals surface area contributed by atoms with E-state index in [4.69, 9.17) is 14.2 Å². The van der Waals surface area contributed by atoms with Gasteiger partial charge in [-0.1, -0.05) is 48.0 Å². The lowest BCUT2D eigenvalue weighted by Crippen LogP contribution is -2.58. The number of rotatable bonds is 9.